The van der Waals surface area contributed by atoms with Crippen LogP contribution in [0.4, 0.5) is 24.0 Å². The Hall–Kier alpha value is -1.59. The second kappa shape index (κ2) is 5.19. The summed E-state index contributed by atoms with van der Waals surface area (Å²) in [5, 5.41) is 13.9. The van der Waals surface area contributed by atoms with Crippen molar-refractivity contribution in [2.45, 2.75) is 6.18 Å². The molecule has 0 unspecified atom stereocenters. The number of thiazole rings is 1. The third-order valence-electron chi connectivity index (χ3n) is 2.19. The van der Waals surface area contributed by atoms with E-state index in [1.165, 1.54) is 17.4 Å². The van der Waals surface area contributed by atoms with Crippen LogP contribution in [0.2, 0.25) is 0 Å². The van der Waals surface area contributed by atoms with Crippen molar-refractivity contribution in [3.8, 4) is 6.07 Å². The van der Waals surface area contributed by atoms with Gasteiger partial charge in [0.2, 0.25) is 0 Å². The molecular formula is C11H5BrF3N3S. The quantitative estimate of drug-likeness (QED) is 0.867. The average molecular weight is 348 g/mol. The highest BCUT2D eigenvalue weighted by atomic mass is 79.9. The zero-order chi connectivity index (χ0) is 14.0. The number of nitriles is 1. The van der Waals surface area contributed by atoms with Crippen molar-refractivity contribution in [2.75, 3.05) is 5.32 Å². The van der Waals surface area contributed by atoms with E-state index in [4.69, 9.17) is 5.26 Å². The first-order chi connectivity index (χ1) is 8.90. The van der Waals surface area contributed by atoms with E-state index in [0.29, 0.717) is 9.73 Å². The third kappa shape index (κ3) is 3.24. The van der Waals surface area contributed by atoms with Gasteiger partial charge in [-0.3, -0.25) is 0 Å². The second-order valence-corrected chi connectivity index (χ2v) is 5.14. The highest BCUT2D eigenvalue weighted by molar-refractivity contribution is 9.10. The van der Waals surface area contributed by atoms with Crippen LogP contribution >= 0.6 is 27.3 Å². The molecule has 0 aliphatic heterocycles. The molecule has 3 nitrogen and oxygen atoms in total. The molecule has 1 N–H and O–H groups in total. The molecule has 1 aromatic carbocycles. The molecule has 1 heterocycles. The second-order valence-electron chi connectivity index (χ2n) is 3.47. The molecule has 0 fully saturated rings. The lowest BCUT2D eigenvalue weighted by Gasteiger charge is -2.10. The maximum Gasteiger partial charge on any atom is 0.416 e. The molecule has 2 rings (SSSR count). The number of nitrogens with zero attached hydrogens (tertiary/aromatic N) is 2. The lowest BCUT2D eigenvalue weighted by molar-refractivity contribution is -0.137. The molecule has 0 amide bonds. The fourth-order valence-corrected chi connectivity index (χ4v) is 2.51. The molecule has 0 atom stereocenters. The Labute approximate surface area is 118 Å². The molecule has 0 spiro atoms. The van der Waals surface area contributed by atoms with Gasteiger partial charge in [0, 0.05) is 5.38 Å². The van der Waals surface area contributed by atoms with Gasteiger partial charge in [-0.25, -0.2) is 4.98 Å². The average Bonchev–Trinajstić information content (AvgIpc) is 2.74. The van der Waals surface area contributed by atoms with E-state index in [1.54, 1.807) is 11.4 Å². The van der Waals surface area contributed by atoms with Crippen molar-refractivity contribution in [2.24, 2.45) is 0 Å². The number of halogens is 4. The highest BCUT2D eigenvalue weighted by Gasteiger charge is 2.31. The van der Waals surface area contributed by atoms with Crippen molar-refractivity contribution < 1.29 is 13.2 Å². The number of rotatable bonds is 2. The Bertz CT molecular complexity index is 645. The van der Waals surface area contributed by atoms with Crippen LogP contribution in [0.5, 0.6) is 0 Å². The summed E-state index contributed by atoms with van der Waals surface area (Å²) < 4.78 is 38.2. The van der Waals surface area contributed by atoms with Crippen LogP contribution < -0.4 is 5.32 Å². The Balaban J connectivity index is 2.34. The summed E-state index contributed by atoms with van der Waals surface area (Å²) in [6.45, 7) is 0. The number of nitrogens with one attached hydrogen (secondary N) is 1. The third-order valence-corrected chi connectivity index (χ3v) is 3.65. The van der Waals surface area contributed by atoms with Gasteiger partial charge in [0.25, 0.3) is 0 Å². The van der Waals surface area contributed by atoms with E-state index in [9.17, 15) is 13.2 Å². The number of benzene rings is 1. The lowest BCUT2D eigenvalue weighted by Crippen LogP contribution is -2.06. The van der Waals surface area contributed by atoms with Crippen LogP contribution in [-0.4, -0.2) is 4.98 Å². The molecule has 98 valence electrons. The molecule has 0 saturated carbocycles. The zero-order valence-corrected chi connectivity index (χ0v) is 11.5. The molecule has 1 aromatic heterocycles. The van der Waals surface area contributed by atoms with E-state index >= 15 is 0 Å². The van der Waals surface area contributed by atoms with Crippen molar-refractivity contribution in [3.63, 3.8) is 0 Å². The Morgan fingerprint density at radius 2 is 2.11 bits per heavy atom. The van der Waals surface area contributed by atoms with E-state index in [-0.39, 0.29) is 11.3 Å². The monoisotopic (exact) mass is 347 g/mol. The van der Waals surface area contributed by atoms with Gasteiger partial charge in [-0.15, -0.1) is 11.3 Å². The van der Waals surface area contributed by atoms with E-state index in [1.807, 2.05) is 0 Å². The minimum Gasteiger partial charge on any atom is -0.330 e. The van der Waals surface area contributed by atoms with Gasteiger partial charge in [-0.1, -0.05) is 0 Å². The SMILES string of the molecule is N#Cc1cc(C(F)(F)F)ccc1Nc1nc(Br)cs1. The van der Waals surface area contributed by atoms with E-state index in [0.717, 1.165) is 12.1 Å². The Morgan fingerprint density at radius 3 is 2.63 bits per heavy atom. The number of alkyl halides is 3. The smallest absolute Gasteiger partial charge is 0.330 e. The van der Waals surface area contributed by atoms with Gasteiger partial charge >= 0.3 is 6.18 Å². The molecule has 0 aliphatic carbocycles. The van der Waals surface area contributed by atoms with Crippen LogP contribution in [0.15, 0.2) is 28.2 Å². The first-order valence-corrected chi connectivity index (χ1v) is 6.57. The minimum absolute atomic E-state index is 0.0823. The molecule has 0 aliphatic rings. The fourth-order valence-electron chi connectivity index (χ4n) is 1.35. The molecule has 0 radical (unpaired) electrons. The van der Waals surface area contributed by atoms with Crippen molar-refractivity contribution in [1.82, 2.24) is 4.98 Å². The van der Waals surface area contributed by atoms with Crippen LogP contribution in [-0.2, 0) is 6.18 Å². The van der Waals surface area contributed by atoms with Gasteiger partial charge in [0.05, 0.1) is 16.8 Å². The number of hydrogen-bond donors (Lipinski definition) is 1. The predicted octanol–water partition coefficient (Wildman–Crippen LogP) is 4.54. The molecule has 0 bridgehead atoms. The number of hydrogen-bond acceptors (Lipinski definition) is 4. The van der Waals surface area contributed by atoms with Crippen molar-refractivity contribution in [1.29, 1.82) is 5.26 Å². The van der Waals surface area contributed by atoms with Gasteiger partial charge in [0.15, 0.2) is 5.13 Å². The van der Waals surface area contributed by atoms with Crippen LogP contribution in [0, 0.1) is 11.3 Å². The van der Waals surface area contributed by atoms with E-state index in [2.05, 4.69) is 26.2 Å². The molecular weight excluding hydrogens is 343 g/mol. The number of aromatic nitrogens is 1. The summed E-state index contributed by atoms with van der Waals surface area (Å²) in [6.07, 6.45) is -4.46. The van der Waals surface area contributed by atoms with Crippen LogP contribution in [0.1, 0.15) is 11.1 Å². The normalized spacial score (nSPS) is 11.1. The van der Waals surface area contributed by atoms with Gasteiger partial charge in [-0.2, -0.15) is 18.4 Å². The lowest BCUT2D eigenvalue weighted by atomic mass is 10.1. The van der Waals surface area contributed by atoms with Gasteiger partial charge in [-0.05, 0) is 34.1 Å². The summed E-state index contributed by atoms with van der Waals surface area (Å²) in [7, 11) is 0. The maximum absolute atomic E-state index is 12.5. The summed E-state index contributed by atoms with van der Waals surface area (Å²) >= 11 is 4.44. The van der Waals surface area contributed by atoms with Crippen molar-refractivity contribution >= 4 is 38.1 Å². The van der Waals surface area contributed by atoms with E-state index < -0.39 is 11.7 Å². The summed E-state index contributed by atoms with van der Waals surface area (Å²) in [4.78, 5) is 4.04. The largest absolute Gasteiger partial charge is 0.416 e. The topological polar surface area (TPSA) is 48.7 Å². The molecule has 0 saturated heterocycles. The zero-order valence-electron chi connectivity index (χ0n) is 9.12. The van der Waals surface area contributed by atoms with Crippen molar-refractivity contribution in [3.05, 3.63) is 39.3 Å². The Kier molecular flexibility index (Phi) is 3.78. The maximum atomic E-state index is 12.5. The Morgan fingerprint density at radius 1 is 1.37 bits per heavy atom. The van der Waals surface area contributed by atoms with Crippen LogP contribution in [0.3, 0.4) is 0 Å². The first-order valence-electron chi connectivity index (χ1n) is 4.89. The standard InChI is InChI=1S/C11H5BrF3N3S/c12-9-5-19-10(18-9)17-8-2-1-7(11(13,14)15)3-6(8)4-16/h1-3,5H,(H,17,18). The first kappa shape index (κ1) is 13.8. The summed E-state index contributed by atoms with van der Waals surface area (Å²) in [5.74, 6) is 0. The molecule has 2 aromatic rings. The highest BCUT2D eigenvalue weighted by Crippen LogP contribution is 2.33. The number of anilines is 2. The molecule has 8 heteroatoms. The van der Waals surface area contributed by atoms with Crippen LogP contribution in [0.25, 0.3) is 0 Å². The molecule has 19 heavy (non-hydrogen) atoms. The van der Waals surface area contributed by atoms with Gasteiger partial charge < -0.3 is 5.32 Å². The minimum atomic E-state index is -4.46. The predicted molar refractivity (Wildman–Crippen MR) is 69.3 cm³/mol. The summed E-state index contributed by atoms with van der Waals surface area (Å²) in [6, 6.07) is 4.69. The van der Waals surface area contributed by atoms with Gasteiger partial charge in [0.1, 0.15) is 10.7 Å². The summed E-state index contributed by atoms with van der Waals surface area (Å²) in [5.41, 5.74) is -0.645. The fraction of sp³-hybridized carbons (Fsp3) is 0.0909.